The van der Waals surface area contributed by atoms with Crippen LogP contribution in [0.1, 0.15) is 23.7 Å². The lowest BCUT2D eigenvalue weighted by atomic mass is 10.0. The lowest BCUT2D eigenvalue weighted by Crippen LogP contribution is -2.29. The van der Waals surface area contributed by atoms with Crippen molar-refractivity contribution in [1.29, 1.82) is 0 Å². The van der Waals surface area contributed by atoms with Crippen molar-refractivity contribution in [3.63, 3.8) is 0 Å². The number of aliphatic hydroxyl groups is 2. The van der Waals surface area contributed by atoms with Crippen LogP contribution in [-0.2, 0) is 19.1 Å². The van der Waals surface area contributed by atoms with E-state index in [1.54, 1.807) is 0 Å². The van der Waals surface area contributed by atoms with E-state index in [1.807, 2.05) is 0 Å². The molecule has 13 heteroatoms. The number of carbonyl (C=O) groups is 3. The molecular weight excluding hydrogens is 508 g/mol. The molecule has 0 saturated heterocycles. The van der Waals surface area contributed by atoms with Crippen molar-refractivity contribution in [1.82, 2.24) is 0 Å². The number of esters is 1. The minimum Gasteiger partial charge on any atom is -0.502 e. The standard InChI is InChI=1S/C25H28O13/c1-34-16-8-13(5-7-22(29)38-19(25(32)33)11-21(27)28)4-6-15(16)37-20(12-26)23(30)14-9-17(35-2)24(31)18(10-14)36-3/h4-10,19-20,23,26,30-31H,11-12H2,1-3H3,(H,27,28)(H,32,33)/b7-5+. The Hall–Kier alpha value is -4.49. The maximum atomic E-state index is 11.9. The van der Waals surface area contributed by atoms with Crippen LogP contribution >= 0.6 is 0 Å². The number of phenols is 1. The number of aliphatic carboxylic acids is 2. The van der Waals surface area contributed by atoms with Gasteiger partial charge in [0, 0.05) is 6.08 Å². The van der Waals surface area contributed by atoms with Crippen LogP contribution in [0.3, 0.4) is 0 Å². The summed E-state index contributed by atoms with van der Waals surface area (Å²) in [6, 6.07) is 7.13. The van der Waals surface area contributed by atoms with Gasteiger partial charge in [-0.05, 0) is 41.5 Å². The molecule has 0 aliphatic rings. The minimum atomic E-state index is -1.84. The molecule has 38 heavy (non-hydrogen) atoms. The van der Waals surface area contributed by atoms with Crippen molar-refractivity contribution in [3.05, 3.63) is 47.5 Å². The molecule has 3 unspecified atom stereocenters. The molecule has 5 N–H and O–H groups in total. The number of methoxy groups -OCH3 is 3. The average Bonchev–Trinajstić information content (AvgIpc) is 2.89. The van der Waals surface area contributed by atoms with Crippen molar-refractivity contribution < 1.29 is 63.6 Å². The van der Waals surface area contributed by atoms with Gasteiger partial charge in [0.25, 0.3) is 0 Å². The molecule has 2 rings (SSSR count). The number of ether oxygens (including phenoxy) is 5. The monoisotopic (exact) mass is 536 g/mol. The summed E-state index contributed by atoms with van der Waals surface area (Å²) in [5, 5.41) is 48.5. The Labute approximate surface area is 217 Å². The van der Waals surface area contributed by atoms with Gasteiger partial charge in [-0.1, -0.05) is 6.07 Å². The van der Waals surface area contributed by atoms with E-state index in [4.69, 9.17) is 29.2 Å². The van der Waals surface area contributed by atoms with Gasteiger partial charge in [0.05, 0.1) is 34.4 Å². The maximum absolute atomic E-state index is 11.9. The zero-order valence-corrected chi connectivity index (χ0v) is 20.7. The zero-order chi connectivity index (χ0) is 28.4. The highest BCUT2D eigenvalue weighted by molar-refractivity contribution is 5.90. The second-order valence-corrected chi connectivity index (χ2v) is 7.66. The van der Waals surface area contributed by atoms with Crippen molar-refractivity contribution in [2.75, 3.05) is 27.9 Å². The highest BCUT2D eigenvalue weighted by atomic mass is 16.6. The van der Waals surface area contributed by atoms with Gasteiger partial charge in [0.1, 0.15) is 6.10 Å². The fourth-order valence-electron chi connectivity index (χ4n) is 3.23. The summed E-state index contributed by atoms with van der Waals surface area (Å²) < 4.78 is 25.9. The van der Waals surface area contributed by atoms with E-state index in [9.17, 15) is 29.7 Å². The molecule has 0 aromatic heterocycles. The van der Waals surface area contributed by atoms with Gasteiger partial charge in [-0.2, -0.15) is 0 Å². The summed E-state index contributed by atoms with van der Waals surface area (Å²) in [7, 11) is 3.99. The molecule has 0 radical (unpaired) electrons. The number of hydrogen-bond acceptors (Lipinski definition) is 11. The number of benzene rings is 2. The van der Waals surface area contributed by atoms with Crippen LogP contribution in [0.2, 0.25) is 0 Å². The summed E-state index contributed by atoms with van der Waals surface area (Å²) >= 11 is 0. The number of carboxylic acid groups (broad SMARTS) is 2. The normalized spacial score (nSPS) is 13.3. The molecule has 0 bridgehead atoms. The third-order valence-electron chi connectivity index (χ3n) is 5.15. The Morgan fingerprint density at radius 3 is 2.03 bits per heavy atom. The van der Waals surface area contributed by atoms with Gasteiger partial charge in [-0.25, -0.2) is 9.59 Å². The molecule has 2 aromatic rings. The molecule has 0 spiro atoms. The van der Waals surface area contributed by atoms with Gasteiger partial charge >= 0.3 is 17.9 Å². The van der Waals surface area contributed by atoms with Crippen molar-refractivity contribution in [2.45, 2.75) is 24.7 Å². The first-order valence-corrected chi connectivity index (χ1v) is 11.0. The van der Waals surface area contributed by atoms with Crippen LogP contribution in [0.15, 0.2) is 36.4 Å². The first-order valence-electron chi connectivity index (χ1n) is 11.0. The first-order chi connectivity index (χ1) is 18.0. The SMILES string of the molecule is COc1cc(/C=C/C(=O)OC(CC(=O)O)C(=O)O)ccc1OC(CO)C(O)c1cc(OC)c(O)c(OC)c1. The molecule has 0 fully saturated rings. The number of aromatic hydroxyl groups is 1. The maximum Gasteiger partial charge on any atom is 0.345 e. The fourth-order valence-corrected chi connectivity index (χ4v) is 3.23. The third kappa shape index (κ3) is 7.75. The number of carboxylic acids is 2. The third-order valence-corrected chi connectivity index (χ3v) is 5.15. The molecule has 0 aliphatic carbocycles. The van der Waals surface area contributed by atoms with Crippen LogP contribution in [0, 0.1) is 0 Å². The Balaban J connectivity index is 2.21. The number of rotatable bonds is 14. The minimum absolute atomic E-state index is 0.0416. The van der Waals surface area contributed by atoms with Crippen LogP contribution in [-0.4, -0.2) is 83.6 Å². The summed E-state index contributed by atoms with van der Waals surface area (Å²) in [4.78, 5) is 33.7. The van der Waals surface area contributed by atoms with E-state index >= 15 is 0 Å². The Kier molecular flexibility index (Phi) is 10.7. The number of carbonyl (C=O) groups excluding carboxylic acids is 1. The van der Waals surface area contributed by atoms with Gasteiger partial charge < -0.3 is 49.2 Å². The lowest BCUT2D eigenvalue weighted by molar-refractivity contribution is -0.164. The van der Waals surface area contributed by atoms with E-state index < -0.39 is 49.2 Å². The zero-order valence-electron chi connectivity index (χ0n) is 20.7. The van der Waals surface area contributed by atoms with E-state index in [1.165, 1.54) is 57.7 Å². The quantitative estimate of drug-likeness (QED) is 0.171. The first kappa shape index (κ1) is 29.7. The highest BCUT2D eigenvalue weighted by Gasteiger charge is 2.27. The summed E-state index contributed by atoms with van der Waals surface area (Å²) in [5.74, 6) is -3.98. The molecule has 206 valence electrons. The molecule has 0 aliphatic heterocycles. The Morgan fingerprint density at radius 2 is 1.53 bits per heavy atom. The van der Waals surface area contributed by atoms with Crippen molar-refractivity contribution >= 4 is 24.0 Å². The summed E-state index contributed by atoms with van der Waals surface area (Å²) in [6.45, 7) is -0.607. The molecule has 2 aromatic carbocycles. The second kappa shape index (κ2) is 13.7. The fraction of sp³-hybridized carbons (Fsp3) is 0.320. The van der Waals surface area contributed by atoms with Gasteiger partial charge in [-0.15, -0.1) is 0 Å². The van der Waals surface area contributed by atoms with Gasteiger partial charge in [-0.3, -0.25) is 4.79 Å². The molecule has 0 heterocycles. The second-order valence-electron chi connectivity index (χ2n) is 7.66. The number of phenolic OH excluding ortho intramolecular Hbond substituents is 1. The van der Waals surface area contributed by atoms with Crippen LogP contribution < -0.4 is 18.9 Å². The van der Waals surface area contributed by atoms with Crippen LogP contribution in [0.4, 0.5) is 0 Å². The largest absolute Gasteiger partial charge is 0.502 e. The topological polar surface area (TPSA) is 199 Å². The van der Waals surface area contributed by atoms with Crippen LogP contribution in [0.25, 0.3) is 6.08 Å². The van der Waals surface area contributed by atoms with E-state index in [0.29, 0.717) is 5.56 Å². The highest BCUT2D eigenvalue weighted by Crippen LogP contribution is 2.40. The van der Waals surface area contributed by atoms with Crippen LogP contribution in [0.5, 0.6) is 28.7 Å². The average molecular weight is 536 g/mol. The van der Waals surface area contributed by atoms with Crippen molar-refractivity contribution in [2.24, 2.45) is 0 Å². The van der Waals surface area contributed by atoms with E-state index in [-0.39, 0.29) is 34.3 Å². The van der Waals surface area contributed by atoms with Gasteiger partial charge in [0.15, 0.2) is 29.1 Å². The predicted octanol–water partition coefficient (Wildman–Crippen LogP) is 1.38. The Morgan fingerprint density at radius 1 is 0.921 bits per heavy atom. The number of aliphatic hydroxyl groups excluding tert-OH is 2. The summed E-state index contributed by atoms with van der Waals surface area (Å²) in [5.41, 5.74) is 0.639. The molecule has 13 nitrogen and oxygen atoms in total. The van der Waals surface area contributed by atoms with Gasteiger partial charge in [0.2, 0.25) is 11.9 Å². The smallest absolute Gasteiger partial charge is 0.345 e. The lowest BCUT2D eigenvalue weighted by Gasteiger charge is -2.24. The number of hydrogen-bond donors (Lipinski definition) is 5. The van der Waals surface area contributed by atoms with Crippen molar-refractivity contribution in [3.8, 4) is 28.7 Å². The molecule has 0 amide bonds. The Bertz CT molecular complexity index is 1150. The summed E-state index contributed by atoms with van der Waals surface area (Å²) in [6.07, 6.45) is -3.10. The molecule has 3 atom stereocenters. The molecule has 0 saturated carbocycles. The predicted molar refractivity (Wildman–Crippen MR) is 129 cm³/mol. The van der Waals surface area contributed by atoms with E-state index in [2.05, 4.69) is 4.74 Å². The molecular formula is C25H28O13. The van der Waals surface area contributed by atoms with E-state index in [0.717, 1.165) is 6.08 Å².